The molecule has 2 aliphatic rings. The van der Waals surface area contributed by atoms with Crippen molar-refractivity contribution in [1.82, 2.24) is 10.2 Å². The Balaban J connectivity index is 1.66. The third-order valence-corrected chi connectivity index (χ3v) is 6.41. The first-order chi connectivity index (χ1) is 10.2. The summed E-state index contributed by atoms with van der Waals surface area (Å²) in [4.78, 5) is 17.2. The van der Waals surface area contributed by atoms with E-state index in [1.54, 1.807) is 11.3 Å². The number of rotatable bonds is 3. The lowest BCUT2D eigenvalue weighted by Gasteiger charge is -2.34. The minimum absolute atomic E-state index is 0.238. The number of amides is 1. The molecule has 1 heterocycles. The highest BCUT2D eigenvalue weighted by Crippen LogP contribution is 2.31. The van der Waals surface area contributed by atoms with Crippen LogP contribution >= 0.6 is 11.3 Å². The third-order valence-electron chi connectivity index (χ3n) is 5.18. The van der Waals surface area contributed by atoms with E-state index in [2.05, 4.69) is 11.4 Å². The Morgan fingerprint density at radius 2 is 1.95 bits per heavy atom. The molecule has 0 aromatic carbocycles. The molecule has 1 aromatic rings. The Morgan fingerprint density at radius 1 is 1.24 bits per heavy atom. The second-order valence-electron chi connectivity index (χ2n) is 6.48. The molecule has 116 valence electrons. The lowest BCUT2D eigenvalue weighted by atomic mass is 9.90. The summed E-state index contributed by atoms with van der Waals surface area (Å²) in [7, 11) is 4.03. The fourth-order valence-electron chi connectivity index (χ4n) is 3.69. The van der Waals surface area contributed by atoms with E-state index >= 15 is 0 Å². The molecule has 1 fully saturated rings. The van der Waals surface area contributed by atoms with Crippen LogP contribution in [0.25, 0.3) is 0 Å². The van der Waals surface area contributed by atoms with Crippen molar-refractivity contribution in [1.29, 1.82) is 0 Å². The van der Waals surface area contributed by atoms with Crippen LogP contribution in [0.1, 0.15) is 58.6 Å². The monoisotopic (exact) mass is 306 g/mol. The maximum absolute atomic E-state index is 12.7. The van der Waals surface area contributed by atoms with Crippen LogP contribution in [0.2, 0.25) is 0 Å². The zero-order chi connectivity index (χ0) is 14.8. The van der Waals surface area contributed by atoms with Crippen LogP contribution in [0.15, 0.2) is 6.07 Å². The summed E-state index contributed by atoms with van der Waals surface area (Å²) in [5.74, 6) is 0.238. The molecule has 0 aliphatic heterocycles. The Hall–Kier alpha value is -0.870. The van der Waals surface area contributed by atoms with Gasteiger partial charge in [0.1, 0.15) is 0 Å². The van der Waals surface area contributed by atoms with Crippen molar-refractivity contribution in [3.8, 4) is 0 Å². The fraction of sp³-hybridized carbons (Fsp3) is 0.706. The number of carbonyl (C=O) groups is 1. The maximum atomic E-state index is 12.7. The van der Waals surface area contributed by atoms with E-state index in [-0.39, 0.29) is 5.91 Å². The molecular weight excluding hydrogens is 280 g/mol. The summed E-state index contributed by atoms with van der Waals surface area (Å²) >= 11 is 1.74. The molecule has 3 rings (SSSR count). The van der Waals surface area contributed by atoms with Crippen molar-refractivity contribution < 1.29 is 4.79 Å². The average molecular weight is 306 g/mol. The Labute approximate surface area is 131 Å². The van der Waals surface area contributed by atoms with E-state index in [0.717, 1.165) is 24.1 Å². The first-order valence-corrected chi connectivity index (χ1v) is 9.06. The van der Waals surface area contributed by atoms with Gasteiger partial charge in [0.05, 0.1) is 4.88 Å². The number of hydrogen-bond donors (Lipinski definition) is 1. The normalized spacial score (nSPS) is 25.4. The van der Waals surface area contributed by atoms with Gasteiger partial charge in [0, 0.05) is 24.0 Å². The zero-order valence-electron chi connectivity index (χ0n) is 13.2. The Bertz CT molecular complexity index is 479. The Morgan fingerprint density at radius 3 is 2.62 bits per heavy atom. The number of aryl methyl sites for hydroxylation is 2. The van der Waals surface area contributed by atoms with Crippen LogP contribution < -0.4 is 5.32 Å². The minimum Gasteiger partial charge on any atom is -0.338 e. The summed E-state index contributed by atoms with van der Waals surface area (Å²) in [5, 5.41) is 3.36. The summed E-state index contributed by atoms with van der Waals surface area (Å²) in [6.45, 7) is 0. The SMILES string of the molecule is CNC1CCC(N(C)C(=O)c2cc3c(s2)CCCC3)CC1. The molecule has 0 bridgehead atoms. The van der Waals surface area contributed by atoms with Crippen LogP contribution in [0.4, 0.5) is 0 Å². The average Bonchev–Trinajstić information content (AvgIpc) is 2.97. The molecule has 0 saturated heterocycles. The maximum Gasteiger partial charge on any atom is 0.263 e. The van der Waals surface area contributed by atoms with Gasteiger partial charge < -0.3 is 10.2 Å². The number of nitrogens with zero attached hydrogens (tertiary/aromatic N) is 1. The molecule has 1 aromatic heterocycles. The van der Waals surface area contributed by atoms with E-state index in [9.17, 15) is 4.79 Å². The predicted octanol–water partition coefficient (Wildman–Crippen LogP) is 3.23. The number of thiophene rings is 1. The number of carbonyl (C=O) groups excluding carboxylic acids is 1. The summed E-state index contributed by atoms with van der Waals surface area (Å²) in [6, 6.07) is 3.22. The number of fused-ring (bicyclic) bond motifs is 1. The van der Waals surface area contributed by atoms with Crippen LogP contribution in [-0.2, 0) is 12.8 Å². The minimum atomic E-state index is 0.238. The van der Waals surface area contributed by atoms with Crippen molar-refractivity contribution in [2.75, 3.05) is 14.1 Å². The molecule has 0 unspecified atom stereocenters. The summed E-state index contributed by atoms with van der Waals surface area (Å²) in [5.41, 5.74) is 1.43. The summed E-state index contributed by atoms with van der Waals surface area (Å²) in [6.07, 6.45) is 9.50. The topological polar surface area (TPSA) is 32.3 Å². The largest absolute Gasteiger partial charge is 0.338 e. The molecular formula is C17H26N2OS. The predicted molar refractivity (Wildman–Crippen MR) is 88.2 cm³/mol. The van der Waals surface area contributed by atoms with Gasteiger partial charge in [-0.3, -0.25) is 4.79 Å². The molecule has 3 nitrogen and oxygen atoms in total. The smallest absolute Gasteiger partial charge is 0.263 e. The van der Waals surface area contributed by atoms with Gasteiger partial charge in [-0.2, -0.15) is 0 Å². The van der Waals surface area contributed by atoms with E-state index in [0.29, 0.717) is 12.1 Å². The zero-order valence-corrected chi connectivity index (χ0v) is 14.0. The highest BCUT2D eigenvalue weighted by Gasteiger charge is 2.28. The van der Waals surface area contributed by atoms with E-state index in [4.69, 9.17) is 0 Å². The van der Waals surface area contributed by atoms with Gasteiger partial charge in [0.25, 0.3) is 5.91 Å². The standard InChI is InChI=1S/C17H26N2OS/c1-18-13-7-9-14(10-8-13)19(2)17(20)16-11-12-5-3-4-6-15(12)21-16/h11,13-14,18H,3-10H2,1-2H3. The van der Waals surface area contributed by atoms with Crippen molar-refractivity contribution in [2.45, 2.75) is 63.5 Å². The van der Waals surface area contributed by atoms with Gasteiger partial charge in [-0.1, -0.05) is 0 Å². The highest BCUT2D eigenvalue weighted by atomic mass is 32.1. The second-order valence-corrected chi connectivity index (χ2v) is 7.61. The van der Waals surface area contributed by atoms with Gasteiger partial charge in [0.15, 0.2) is 0 Å². The first-order valence-electron chi connectivity index (χ1n) is 8.25. The number of nitrogens with one attached hydrogen (secondary N) is 1. The van der Waals surface area contributed by atoms with Crippen LogP contribution in [0.5, 0.6) is 0 Å². The first kappa shape index (κ1) is 15.0. The highest BCUT2D eigenvalue weighted by molar-refractivity contribution is 7.14. The molecule has 1 N–H and O–H groups in total. The van der Waals surface area contributed by atoms with Gasteiger partial charge in [-0.05, 0) is 70.0 Å². The molecule has 21 heavy (non-hydrogen) atoms. The Kier molecular flexibility index (Phi) is 4.65. The van der Waals surface area contributed by atoms with E-state index in [1.165, 1.54) is 42.5 Å². The summed E-state index contributed by atoms with van der Waals surface area (Å²) < 4.78 is 0. The van der Waals surface area contributed by atoms with Crippen molar-refractivity contribution in [2.24, 2.45) is 0 Å². The van der Waals surface area contributed by atoms with Crippen LogP contribution in [0.3, 0.4) is 0 Å². The molecule has 2 aliphatic carbocycles. The number of hydrogen-bond acceptors (Lipinski definition) is 3. The van der Waals surface area contributed by atoms with Crippen LogP contribution in [0, 0.1) is 0 Å². The molecule has 1 amide bonds. The van der Waals surface area contributed by atoms with Crippen molar-refractivity contribution in [3.05, 3.63) is 21.4 Å². The molecule has 0 spiro atoms. The van der Waals surface area contributed by atoms with E-state index in [1.807, 2.05) is 19.0 Å². The van der Waals surface area contributed by atoms with Crippen LogP contribution in [-0.4, -0.2) is 37.0 Å². The van der Waals surface area contributed by atoms with Crippen molar-refractivity contribution >= 4 is 17.2 Å². The van der Waals surface area contributed by atoms with Gasteiger partial charge in [-0.15, -0.1) is 11.3 Å². The fourth-order valence-corrected chi connectivity index (χ4v) is 4.92. The lowest BCUT2D eigenvalue weighted by molar-refractivity contribution is 0.0690. The quantitative estimate of drug-likeness (QED) is 0.930. The molecule has 0 radical (unpaired) electrons. The van der Waals surface area contributed by atoms with E-state index < -0.39 is 0 Å². The third kappa shape index (κ3) is 3.16. The molecule has 1 saturated carbocycles. The van der Waals surface area contributed by atoms with Gasteiger partial charge in [-0.25, -0.2) is 0 Å². The lowest BCUT2D eigenvalue weighted by Crippen LogP contribution is -2.42. The second kappa shape index (κ2) is 6.49. The molecule has 0 atom stereocenters. The van der Waals surface area contributed by atoms with Crippen molar-refractivity contribution in [3.63, 3.8) is 0 Å². The van der Waals surface area contributed by atoms with Gasteiger partial charge >= 0.3 is 0 Å². The van der Waals surface area contributed by atoms with Gasteiger partial charge in [0.2, 0.25) is 0 Å². The molecule has 4 heteroatoms.